The van der Waals surface area contributed by atoms with Gasteiger partial charge in [-0.25, -0.2) is 14.6 Å². The maximum atomic E-state index is 13.4. The van der Waals surface area contributed by atoms with Crippen molar-refractivity contribution in [1.29, 1.82) is 0 Å². The van der Waals surface area contributed by atoms with Crippen LogP contribution in [0.5, 0.6) is 0 Å². The summed E-state index contributed by atoms with van der Waals surface area (Å²) in [6, 6.07) is 4.93. The highest BCUT2D eigenvalue weighted by atomic mass is 35.5. The van der Waals surface area contributed by atoms with Crippen molar-refractivity contribution in [3.05, 3.63) is 57.0 Å². The van der Waals surface area contributed by atoms with Crippen LogP contribution in [0.15, 0.2) is 29.2 Å². The number of nitrogens with zero attached hydrogens (tertiary/aromatic N) is 5. The monoisotopic (exact) mass is 455 g/mol. The fourth-order valence-corrected chi connectivity index (χ4v) is 4.19. The summed E-state index contributed by atoms with van der Waals surface area (Å²) in [5.74, 6) is 0.335. The van der Waals surface area contributed by atoms with Crippen molar-refractivity contribution in [1.82, 2.24) is 34.7 Å². The highest BCUT2D eigenvalue weighted by Crippen LogP contribution is 2.33. The number of hydrogen-bond donors (Lipinski definition) is 2. The molecule has 0 saturated carbocycles. The van der Waals surface area contributed by atoms with Crippen LogP contribution in [0.2, 0.25) is 5.15 Å². The molecule has 0 spiro atoms. The molecular weight excluding hydrogens is 440 g/mol. The molecule has 0 saturated heterocycles. The Balaban J connectivity index is 1.77. The van der Waals surface area contributed by atoms with E-state index in [9.17, 15) is 13.6 Å². The molecule has 0 bridgehead atoms. The van der Waals surface area contributed by atoms with Crippen molar-refractivity contribution in [3.8, 4) is 22.6 Å². The van der Waals surface area contributed by atoms with E-state index in [0.29, 0.717) is 60.2 Å². The second-order valence-electron chi connectivity index (χ2n) is 7.41. The number of fused-ring (bicyclic) bond motifs is 2. The Kier molecular flexibility index (Phi) is 4.55. The maximum Gasteiger partial charge on any atom is 0.333 e. The molecule has 5 aromatic rings. The van der Waals surface area contributed by atoms with E-state index in [-0.39, 0.29) is 16.8 Å². The van der Waals surface area contributed by atoms with Gasteiger partial charge in [0.25, 0.3) is 5.56 Å². The SMILES string of the molecule is Cc1nn(C(F)F)c(C)c1-c1nccc2[nH]c(=O)c(-c3nc4c(C)nc(Cl)cc4[nH]3)cc12. The number of imidazole rings is 1. The molecule has 11 heteroatoms. The normalized spacial score (nSPS) is 11.8. The number of hydrogen-bond acceptors (Lipinski definition) is 5. The van der Waals surface area contributed by atoms with Crippen LogP contribution in [0.25, 0.3) is 44.6 Å². The van der Waals surface area contributed by atoms with Gasteiger partial charge in [-0.05, 0) is 32.9 Å². The molecule has 0 amide bonds. The standard InChI is InChI=1S/C21H16ClF2N7O/c1-8-16(10(3)31(30-8)21(23)24)18-11-6-12(20(32)28-13(11)4-5-25-18)19-27-14-7-15(22)26-9(2)17(14)29-19/h4-7,21H,1-3H3,(H,27,29)(H,28,32). The summed E-state index contributed by atoms with van der Waals surface area (Å²) in [5, 5.41) is 4.84. The Hall–Kier alpha value is -3.66. The average molecular weight is 456 g/mol. The number of nitrogens with one attached hydrogen (secondary N) is 2. The lowest BCUT2D eigenvalue weighted by Gasteiger charge is -2.08. The number of halogens is 3. The van der Waals surface area contributed by atoms with Crippen molar-refractivity contribution in [2.75, 3.05) is 0 Å². The molecule has 8 nitrogen and oxygen atoms in total. The van der Waals surface area contributed by atoms with E-state index >= 15 is 0 Å². The highest BCUT2D eigenvalue weighted by molar-refractivity contribution is 6.30. The predicted octanol–water partition coefficient (Wildman–Crippen LogP) is 4.70. The van der Waals surface area contributed by atoms with Crippen molar-refractivity contribution in [2.24, 2.45) is 0 Å². The first kappa shape index (κ1) is 20.3. The van der Waals surface area contributed by atoms with Crippen LogP contribution in [0.3, 0.4) is 0 Å². The first-order chi connectivity index (χ1) is 15.2. The lowest BCUT2D eigenvalue weighted by atomic mass is 10.0. The van der Waals surface area contributed by atoms with Crippen molar-refractivity contribution in [2.45, 2.75) is 27.3 Å². The van der Waals surface area contributed by atoms with Gasteiger partial charge in [0.15, 0.2) is 0 Å². The van der Waals surface area contributed by atoms with E-state index < -0.39 is 6.55 Å². The number of aromatic nitrogens is 7. The van der Waals surface area contributed by atoms with E-state index in [4.69, 9.17) is 11.6 Å². The van der Waals surface area contributed by atoms with E-state index in [0.717, 1.165) is 0 Å². The first-order valence-corrected chi connectivity index (χ1v) is 10.0. The number of aryl methyl sites for hydroxylation is 2. The number of alkyl halides is 2. The maximum absolute atomic E-state index is 13.4. The van der Waals surface area contributed by atoms with Crippen molar-refractivity contribution in [3.63, 3.8) is 0 Å². The van der Waals surface area contributed by atoms with E-state index in [1.54, 1.807) is 39.0 Å². The minimum Gasteiger partial charge on any atom is -0.338 e. The van der Waals surface area contributed by atoms with Gasteiger partial charge >= 0.3 is 6.55 Å². The van der Waals surface area contributed by atoms with Crippen LogP contribution >= 0.6 is 11.6 Å². The van der Waals surface area contributed by atoms with Crippen LogP contribution in [0.4, 0.5) is 8.78 Å². The number of H-pyrrole nitrogens is 2. The van der Waals surface area contributed by atoms with Gasteiger partial charge in [-0.3, -0.25) is 9.78 Å². The van der Waals surface area contributed by atoms with Crippen LogP contribution in [-0.2, 0) is 0 Å². The molecule has 0 fully saturated rings. The molecule has 2 N–H and O–H groups in total. The van der Waals surface area contributed by atoms with Gasteiger partial charge in [0.05, 0.1) is 39.4 Å². The molecule has 0 radical (unpaired) electrons. The molecular formula is C21H16ClF2N7O. The fraction of sp³-hybridized carbons (Fsp3) is 0.190. The molecule has 5 heterocycles. The molecule has 0 aliphatic carbocycles. The average Bonchev–Trinajstić information content (AvgIpc) is 3.28. The molecule has 0 aliphatic heterocycles. The summed E-state index contributed by atoms with van der Waals surface area (Å²) >= 11 is 6.03. The van der Waals surface area contributed by atoms with Crippen molar-refractivity contribution >= 4 is 33.5 Å². The molecule has 5 rings (SSSR count). The molecule has 32 heavy (non-hydrogen) atoms. The summed E-state index contributed by atoms with van der Waals surface area (Å²) in [7, 11) is 0. The zero-order valence-corrected chi connectivity index (χ0v) is 17.9. The van der Waals surface area contributed by atoms with Gasteiger partial charge in [0, 0.05) is 23.2 Å². The molecule has 5 aromatic heterocycles. The topological polar surface area (TPSA) is 105 Å². The number of aromatic amines is 2. The first-order valence-electron chi connectivity index (χ1n) is 9.64. The van der Waals surface area contributed by atoms with Gasteiger partial charge in [0.2, 0.25) is 0 Å². The largest absolute Gasteiger partial charge is 0.338 e. The Morgan fingerprint density at radius 2 is 1.84 bits per heavy atom. The van der Waals surface area contributed by atoms with Crippen LogP contribution in [-0.4, -0.2) is 34.7 Å². The quantitative estimate of drug-likeness (QED) is 0.384. The highest BCUT2D eigenvalue weighted by Gasteiger charge is 2.22. The molecule has 0 aromatic carbocycles. The Bertz CT molecular complexity index is 1590. The third-order valence-electron chi connectivity index (χ3n) is 5.39. The van der Waals surface area contributed by atoms with E-state index in [1.165, 1.54) is 6.20 Å². The molecule has 0 atom stereocenters. The smallest absolute Gasteiger partial charge is 0.333 e. The van der Waals surface area contributed by atoms with Crippen LogP contribution in [0.1, 0.15) is 23.6 Å². The number of pyridine rings is 3. The summed E-state index contributed by atoms with van der Waals surface area (Å²) in [4.78, 5) is 31.9. The van der Waals surface area contributed by atoms with Gasteiger partial charge < -0.3 is 9.97 Å². The fourth-order valence-electron chi connectivity index (χ4n) is 3.96. The summed E-state index contributed by atoms with van der Waals surface area (Å²) in [6.07, 6.45) is 1.52. The zero-order valence-electron chi connectivity index (χ0n) is 17.2. The molecule has 0 aliphatic rings. The summed E-state index contributed by atoms with van der Waals surface area (Å²) in [6.45, 7) is 2.21. The summed E-state index contributed by atoms with van der Waals surface area (Å²) in [5.41, 5.74) is 3.93. The van der Waals surface area contributed by atoms with Gasteiger partial charge in [-0.1, -0.05) is 11.6 Å². The lowest BCUT2D eigenvalue weighted by molar-refractivity contribution is 0.0542. The lowest BCUT2D eigenvalue weighted by Crippen LogP contribution is -2.10. The Labute approximate surface area is 184 Å². The Morgan fingerprint density at radius 3 is 2.56 bits per heavy atom. The van der Waals surface area contributed by atoms with Gasteiger partial charge in [-0.2, -0.15) is 13.9 Å². The predicted molar refractivity (Wildman–Crippen MR) is 117 cm³/mol. The van der Waals surface area contributed by atoms with Gasteiger partial charge in [0.1, 0.15) is 16.5 Å². The number of rotatable bonds is 3. The third kappa shape index (κ3) is 3.06. The Morgan fingerprint density at radius 1 is 1.06 bits per heavy atom. The molecule has 162 valence electrons. The second-order valence-corrected chi connectivity index (χ2v) is 7.80. The van der Waals surface area contributed by atoms with Crippen LogP contribution < -0.4 is 5.56 Å². The summed E-state index contributed by atoms with van der Waals surface area (Å²) < 4.78 is 27.4. The van der Waals surface area contributed by atoms with Gasteiger partial charge in [-0.15, -0.1) is 0 Å². The van der Waals surface area contributed by atoms with E-state index in [2.05, 4.69) is 30.0 Å². The minimum atomic E-state index is -2.77. The molecule has 0 unspecified atom stereocenters. The van der Waals surface area contributed by atoms with E-state index in [1.807, 2.05) is 0 Å². The minimum absolute atomic E-state index is 0.273. The van der Waals surface area contributed by atoms with Crippen LogP contribution in [0, 0.1) is 20.8 Å². The zero-order chi connectivity index (χ0) is 22.7. The van der Waals surface area contributed by atoms with Crippen molar-refractivity contribution < 1.29 is 8.78 Å². The third-order valence-corrected chi connectivity index (χ3v) is 5.58. The second kappa shape index (κ2) is 7.20.